The van der Waals surface area contributed by atoms with E-state index < -0.39 is 5.54 Å². The molecule has 0 spiro atoms. The Morgan fingerprint density at radius 1 is 1.29 bits per heavy atom. The Morgan fingerprint density at radius 3 is 2.71 bits per heavy atom. The van der Waals surface area contributed by atoms with E-state index in [9.17, 15) is 4.79 Å². The number of para-hydroxylation sites is 1. The quantitative estimate of drug-likeness (QED) is 0.898. The largest absolute Gasteiger partial charge is 0.350 e. The van der Waals surface area contributed by atoms with Gasteiger partial charge in [-0.25, -0.2) is 4.68 Å². The fraction of sp³-hybridized carbons (Fsp3) is 0.375. The number of carbonyl (C=O) groups excluding carboxylic acids is 1. The van der Waals surface area contributed by atoms with Crippen LogP contribution in [-0.4, -0.2) is 21.2 Å². The van der Waals surface area contributed by atoms with Gasteiger partial charge in [-0.2, -0.15) is 5.10 Å². The molecule has 1 fully saturated rings. The number of nitrogens with zero attached hydrogens (tertiary/aromatic N) is 2. The molecule has 110 valence electrons. The van der Waals surface area contributed by atoms with Crippen LogP contribution < -0.4 is 11.1 Å². The molecule has 0 atom stereocenters. The van der Waals surface area contributed by atoms with E-state index in [2.05, 4.69) is 10.4 Å². The SMILES string of the molecule is NC1(C(=O)NCc2cnn(-c3ccccc3)c2)CCCC1. The molecule has 0 aliphatic heterocycles. The number of benzene rings is 1. The molecule has 1 heterocycles. The first kappa shape index (κ1) is 13.8. The molecule has 1 aromatic carbocycles. The lowest BCUT2D eigenvalue weighted by molar-refractivity contribution is -0.126. The molecule has 0 saturated heterocycles. The predicted molar refractivity (Wildman–Crippen MR) is 80.8 cm³/mol. The molecule has 2 aromatic rings. The van der Waals surface area contributed by atoms with Crippen molar-refractivity contribution in [1.82, 2.24) is 15.1 Å². The molecule has 0 unspecified atom stereocenters. The molecule has 1 saturated carbocycles. The maximum absolute atomic E-state index is 12.2. The highest BCUT2D eigenvalue weighted by Crippen LogP contribution is 2.27. The summed E-state index contributed by atoms with van der Waals surface area (Å²) >= 11 is 0. The number of hydrogen-bond acceptors (Lipinski definition) is 3. The lowest BCUT2D eigenvalue weighted by Crippen LogP contribution is -2.51. The van der Waals surface area contributed by atoms with Crippen LogP contribution in [0.2, 0.25) is 0 Å². The second-order valence-electron chi connectivity index (χ2n) is 5.67. The highest BCUT2D eigenvalue weighted by Gasteiger charge is 2.36. The molecule has 0 radical (unpaired) electrons. The zero-order chi connectivity index (χ0) is 14.7. The molecule has 5 nitrogen and oxygen atoms in total. The third kappa shape index (κ3) is 2.97. The number of nitrogens with two attached hydrogens (primary N) is 1. The van der Waals surface area contributed by atoms with Crippen molar-refractivity contribution in [2.45, 2.75) is 37.8 Å². The van der Waals surface area contributed by atoms with E-state index in [1.807, 2.05) is 36.5 Å². The summed E-state index contributed by atoms with van der Waals surface area (Å²) in [4.78, 5) is 12.2. The van der Waals surface area contributed by atoms with Gasteiger partial charge >= 0.3 is 0 Å². The van der Waals surface area contributed by atoms with Gasteiger partial charge in [-0.3, -0.25) is 4.79 Å². The molecular formula is C16H20N4O. The highest BCUT2D eigenvalue weighted by atomic mass is 16.2. The molecule has 3 rings (SSSR count). The van der Waals surface area contributed by atoms with Crippen molar-refractivity contribution in [2.75, 3.05) is 0 Å². The smallest absolute Gasteiger partial charge is 0.240 e. The zero-order valence-corrected chi connectivity index (χ0v) is 12.0. The Bertz CT molecular complexity index is 614. The Labute approximate surface area is 124 Å². The Morgan fingerprint density at radius 2 is 2.00 bits per heavy atom. The molecule has 3 N–H and O–H groups in total. The van der Waals surface area contributed by atoms with Gasteiger partial charge in [0.2, 0.25) is 5.91 Å². The Hall–Kier alpha value is -2.14. The van der Waals surface area contributed by atoms with Crippen molar-refractivity contribution in [3.05, 3.63) is 48.3 Å². The van der Waals surface area contributed by atoms with Crippen LogP contribution in [0.3, 0.4) is 0 Å². The number of nitrogens with one attached hydrogen (secondary N) is 1. The van der Waals surface area contributed by atoms with Gasteiger partial charge in [0.15, 0.2) is 0 Å². The van der Waals surface area contributed by atoms with Crippen LogP contribution in [0.25, 0.3) is 5.69 Å². The minimum atomic E-state index is -0.671. The van der Waals surface area contributed by atoms with E-state index in [0.717, 1.165) is 36.9 Å². The van der Waals surface area contributed by atoms with Gasteiger partial charge in [-0.1, -0.05) is 31.0 Å². The maximum Gasteiger partial charge on any atom is 0.240 e. The lowest BCUT2D eigenvalue weighted by atomic mass is 9.98. The number of rotatable bonds is 4. The summed E-state index contributed by atoms with van der Waals surface area (Å²) in [6.07, 6.45) is 7.33. The van der Waals surface area contributed by atoms with Gasteiger partial charge in [-0.15, -0.1) is 0 Å². The summed E-state index contributed by atoms with van der Waals surface area (Å²) in [7, 11) is 0. The van der Waals surface area contributed by atoms with Crippen LogP contribution in [-0.2, 0) is 11.3 Å². The van der Waals surface area contributed by atoms with Crippen molar-refractivity contribution >= 4 is 5.91 Å². The summed E-state index contributed by atoms with van der Waals surface area (Å²) < 4.78 is 1.80. The first-order chi connectivity index (χ1) is 10.2. The number of carbonyl (C=O) groups is 1. The van der Waals surface area contributed by atoms with Gasteiger partial charge in [0.05, 0.1) is 17.4 Å². The molecule has 1 aromatic heterocycles. The minimum Gasteiger partial charge on any atom is -0.350 e. The van der Waals surface area contributed by atoms with Crippen LogP contribution in [0, 0.1) is 0 Å². The molecule has 1 aliphatic rings. The predicted octanol–water partition coefficient (Wildman–Crippen LogP) is 1.76. The summed E-state index contributed by atoms with van der Waals surface area (Å²) in [5.74, 6) is -0.0486. The Balaban J connectivity index is 1.62. The molecular weight excluding hydrogens is 264 g/mol. The third-order valence-electron chi connectivity index (χ3n) is 4.06. The van der Waals surface area contributed by atoms with Crippen molar-refractivity contribution in [1.29, 1.82) is 0 Å². The molecule has 0 bridgehead atoms. The monoisotopic (exact) mass is 284 g/mol. The van der Waals surface area contributed by atoms with E-state index in [1.54, 1.807) is 10.9 Å². The molecule has 1 aliphatic carbocycles. The average molecular weight is 284 g/mol. The molecule has 1 amide bonds. The van der Waals surface area contributed by atoms with E-state index in [1.165, 1.54) is 0 Å². The van der Waals surface area contributed by atoms with Gasteiger partial charge in [0.25, 0.3) is 0 Å². The second-order valence-corrected chi connectivity index (χ2v) is 5.67. The van der Waals surface area contributed by atoms with Crippen molar-refractivity contribution in [3.63, 3.8) is 0 Å². The highest BCUT2D eigenvalue weighted by molar-refractivity contribution is 5.86. The van der Waals surface area contributed by atoms with Gasteiger partial charge in [0.1, 0.15) is 0 Å². The normalized spacial score (nSPS) is 16.8. The van der Waals surface area contributed by atoms with Crippen molar-refractivity contribution in [3.8, 4) is 5.69 Å². The lowest BCUT2D eigenvalue weighted by Gasteiger charge is -2.21. The summed E-state index contributed by atoms with van der Waals surface area (Å²) in [5.41, 5.74) is 7.43. The average Bonchev–Trinajstić information content (AvgIpc) is 3.15. The van der Waals surface area contributed by atoms with Crippen LogP contribution in [0.5, 0.6) is 0 Å². The standard InChI is InChI=1S/C16H20N4O/c17-16(8-4-5-9-16)15(21)18-10-13-11-19-20(12-13)14-6-2-1-3-7-14/h1-3,6-7,11-12H,4-5,8-10,17H2,(H,18,21). The molecule has 5 heteroatoms. The fourth-order valence-electron chi connectivity index (χ4n) is 2.76. The van der Waals surface area contributed by atoms with Gasteiger partial charge in [-0.05, 0) is 25.0 Å². The van der Waals surface area contributed by atoms with Gasteiger partial charge < -0.3 is 11.1 Å². The first-order valence-electron chi connectivity index (χ1n) is 7.34. The van der Waals surface area contributed by atoms with E-state index in [-0.39, 0.29) is 5.91 Å². The summed E-state index contributed by atoms with van der Waals surface area (Å²) in [6, 6.07) is 9.88. The number of aromatic nitrogens is 2. The number of hydrogen-bond donors (Lipinski definition) is 2. The van der Waals surface area contributed by atoms with Crippen molar-refractivity contribution < 1.29 is 4.79 Å². The van der Waals surface area contributed by atoms with E-state index in [4.69, 9.17) is 5.73 Å². The van der Waals surface area contributed by atoms with E-state index >= 15 is 0 Å². The maximum atomic E-state index is 12.2. The summed E-state index contributed by atoms with van der Waals surface area (Å²) in [5, 5.41) is 7.24. The summed E-state index contributed by atoms with van der Waals surface area (Å²) in [6.45, 7) is 0.463. The fourth-order valence-corrected chi connectivity index (χ4v) is 2.76. The van der Waals surface area contributed by atoms with Crippen molar-refractivity contribution in [2.24, 2.45) is 5.73 Å². The third-order valence-corrected chi connectivity index (χ3v) is 4.06. The Kier molecular flexibility index (Phi) is 3.75. The van der Waals surface area contributed by atoms with E-state index in [0.29, 0.717) is 6.54 Å². The van der Waals surface area contributed by atoms with Crippen LogP contribution in [0.4, 0.5) is 0 Å². The zero-order valence-electron chi connectivity index (χ0n) is 12.0. The van der Waals surface area contributed by atoms with Crippen LogP contribution >= 0.6 is 0 Å². The molecule has 21 heavy (non-hydrogen) atoms. The van der Waals surface area contributed by atoms with Crippen LogP contribution in [0.1, 0.15) is 31.2 Å². The van der Waals surface area contributed by atoms with Gasteiger partial charge in [0, 0.05) is 18.3 Å². The first-order valence-corrected chi connectivity index (χ1v) is 7.34. The number of amides is 1. The topological polar surface area (TPSA) is 72.9 Å². The second kappa shape index (κ2) is 5.69. The van der Waals surface area contributed by atoms with Crippen LogP contribution in [0.15, 0.2) is 42.7 Å². The minimum absolute atomic E-state index is 0.0486.